The molecule has 0 heterocycles. The van der Waals surface area contributed by atoms with Gasteiger partial charge in [-0.05, 0) is 25.8 Å². The van der Waals surface area contributed by atoms with E-state index in [2.05, 4.69) is 8.85 Å². The Balaban J connectivity index is 2.58. The number of halogens is 1. The highest BCUT2D eigenvalue weighted by Crippen LogP contribution is 2.04. The molecule has 16 heavy (non-hydrogen) atoms. The van der Waals surface area contributed by atoms with E-state index in [9.17, 15) is 4.79 Å². The van der Waals surface area contributed by atoms with Crippen LogP contribution >= 0.6 is 22.9 Å². The smallest absolute Gasteiger partial charge is 0.238 e. The van der Waals surface area contributed by atoms with Crippen molar-refractivity contribution >= 4 is 28.8 Å². The van der Waals surface area contributed by atoms with Crippen molar-refractivity contribution in [2.75, 3.05) is 0 Å². The van der Waals surface area contributed by atoms with E-state index in [0.29, 0.717) is 6.42 Å². The summed E-state index contributed by atoms with van der Waals surface area (Å²) >= 11 is 2.03. The Hall–Kier alpha value is -0.620. The van der Waals surface area contributed by atoms with Gasteiger partial charge in [0.25, 0.3) is 0 Å². The number of nitrogens with one attached hydrogen (secondary N) is 2. The van der Waals surface area contributed by atoms with E-state index >= 15 is 0 Å². The molecular weight excluding hydrogens is 315 g/mol. The van der Waals surface area contributed by atoms with Gasteiger partial charge >= 0.3 is 0 Å². The molecule has 1 rings (SSSR count). The molecule has 0 saturated carbocycles. The lowest BCUT2D eigenvalue weighted by atomic mass is 10.1. The standard InChI is InChI=1S/C12H17IN2O/c1-9(2)14-12(16)11(15-13)8-10-6-4-3-5-7-10/h3-7,9,11,15H,8H2,1-2H3,(H,14,16)/t11-/m0/s1. The molecular formula is C12H17IN2O. The van der Waals surface area contributed by atoms with Crippen LogP contribution in [-0.2, 0) is 11.2 Å². The zero-order valence-electron chi connectivity index (χ0n) is 9.53. The number of carbonyl (C=O) groups excluding carboxylic acids is 1. The first-order valence-electron chi connectivity index (χ1n) is 5.34. The summed E-state index contributed by atoms with van der Waals surface area (Å²) in [5, 5.41) is 2.91. The fourth-order valence-corrected chi connectivity index (χ4v) is 1.92. The molecule has 3 nitrogen and oxygen atoms in total. The van der Waals surface area contributed by atoms with E-state index in [1.54, 1.807) is 0 Å². The second-order valence-corrected chi connectivity index (χ2v) is 4.64. The highest BCUT2D eigenvalue weighted by molar-refractivity contribution is 14.1. The van der Waals surface area contributed by atoms with Crippen molar-refractivity contribution in [3.05, 3.63) is 35.9 Å². The maximum absolute atomic E-state index is 11.8. The predicted octanol–water partition coefficient (Wildman–Crippen LogP) is 2.06. The van der Waals surface area contributed by atoms with Gasteiger partial charge in [-0.15, -0.1) is 0 Å². The molecule has 0 unspecified atom stereocenters. The topological polar surface area (TPSA) is 41.1 Å². The summed E-state index contributed by atoms with van der Waals surface area (Å²) in [5.41, 5.74) is 1.16. The van der Waals surface area contributed by atoms with Crippen LogP contribution < -0.4 is 8.85 Å². The van der Waals surface area contributed by atoms with Crippen molar-refractivity contribution in [3.8, 4) is 0 Å². The van der Waals surface area contributed by atoms with Crippen LogP contribution in [0.3, 0.4) is 0 Å². The highest BCUT2D eigenvalue weighted by Gasteiger charge is 2.17. The SMILES string of the molecule is CC(C)NC(=O)[C@H](Cc1ccccc1)NI. The minimum atomic E-state index is -0.176. The molecule has 0 fully saturated rings. The number of rotatable bonds is 5. The molecule has 0 radical (unpaired) electrons. The average molecular weight is 332 g/mol. The van der Waals surface area contributed by atoms with E-state index in [0.717, 1.165) is 5.56 Å². The number of hydrogen-bond acceptors (Lipinski definition) is 2. The largest absolute Gasteiger partial charge is 0.353 e. The Kier molecular flexibility index (Phi) is 5.76. The normalized spacial score (nSPS) is 12.5. The maximum atomic E-state index is 11.8. The summed E-state index contributed by atoms with van der Waals surface area (Å²) in [6.45, 7) is 3.93. The zero-order valence-corrected chi connectivity index (χ0v) is 11.7. The van der Waals surface area contributed by atoms with Gasteiger partial charge < -0.3 is 5.32 Å². The summed E-state index contributed by atoms with van der Waals surface area (Å²) in [4.78, 5) is 11.8. The molecule has 0 aliphatic heterocycles. The molecule has 0 aromatic heterocycles. The Morgan fingerprint density at radius 2 is 1.94 bits per heavy atom. The molecule has 1 amide bonds. The number of hydrogen-bond donors (Lipinski definition) is 2. The van der Waals surface area contributed by atoms with Crippen molar-refractivity contribution < 1.29 is 4.79 Å². The number of benzene rings is 1. The van der Waals surface area contributed by atoms with Crippen LogP contribution in [0.1, 0.15) is 19.4 Å². The van der Waals surface area contributed by atoms with Gasteiger partial charge in [0.2, 0.25) is 5.91 Å². The van der Waals surface area contributed by atoms with E-state index in [-0.39, 0.29) is 18.0 Å². The van der Waals surface area contributed by atoms with Crippen molar-refractivity contribution in [1.82, 2.24) is 8.85 Å². The summed E-state index contributed by atoms with van der Waals surface area (Å²) in [6, 6.07) is 10.0. The van der Waals surface area contributed by atoms with Crippen molar-refractivity contribution in [2.24, 2.45) is 0 Å². The van der Waals surface area contributed by atoms with E-state index in [1.807, 2.05) is 67.0 Å². The van der Waals surface area contributed by atoms with Gasteiger partial charge in [-0.1, -0.05) is 30.3 Å². The Bertz CT molecular complexity index is 327. The van der Waals surface area contributed by atoms with Gasteiger partial charge in [0.1, 0.15) is 0 Å². The van der Waals surface area contributed by atoms with Crippen LogP contribution in [0.2, 0.25) is 0 Å². The second-order valence-electron chi connectivity index (χ2n) is 4.01. The highest BCUT2D eigenvalue weighted by atomic mass is 127. The lowest BCUT2D eigenvalue weighted by molar-refractivity contribution is -0.123. The molecule has 0 bridgehead atoms. The third-order valence-electron chi connectivity index (χ3n) is 2.16. The Morgan fingerprint density at radius 3 is 2.44 bits per heavy atom. The van der Waals surface area contributed by atoms with Gasteiger partial charge in [-0.3, -0.25) is 4.79 Å². The van der Waals surface area contributed by atoms with E-state index in [4.69, 9.17) is 0 Å². The van der Waals surface area contributed by atoms with Gasteiger partial charge in [-0.25, -0.2) is 3.53 Å². The van der Waals surface area contributed by atoms with Gasteiger partial charge in [0.15, 0.2) is 0 Å². The summed E-state index contributed by atoms with van der Waals surface area (Å²) < 4.78 is 3.01. The van der Waals surface area contributed by atoms with E-state index in [1.165, 1.54) is 0 Å². The molecule has 0 aliphatic carbocycles. The third-order valence-corrected chi connectivity index (χ3v) is 2.91. The lowest BCUT2D eigenvalue weighted by Gasteiger charge is -2.17. The molecule has 1 aromatic carbocycles. The third kappa shape index (κ3) is 4.49. The second kappa shape index (κ2) is 6.85. The van der Waals surface area contributed by atoms with Crippen LogP contribution in [0, 0.1) is 0 Å². The zero-order chi connectivity index (χ0) is 12.0. The fraction of sp³-hybridized carbons (Fsp3) is 0.417. The Labute approximate surface area is 111 Å². The molecule has 1 aromatic rings. The first-order valence-corrected chi connectivity index (χ1v) is 6.42. The number of amides is 1. The van der Waals surface area contributed by atoms with Crippen molar-refractivity contribution in [1.29, 1.82) is 0 Å². The minimum absolute atomic E-state index is 0.0493. The molecule has 2 N–H and O–H groups in total. The molecule has 0 saturated heterocycles. The minimum Gasteiger partial charge on any atom is -0.353 e. The van der Waals surface area contributed by atoms with Crippen molar-refractivity contribution in [3.63, 3.8) is 0 Å². The van der Waals surface area contributed by atoms with Crippen LogP contribution in [0.15, 0.2) is 30.3 Å². The average Bonchev–Trinajstić information content (AvgIpc) is 2.26. The maximum Gasteiger partial charge on any atom is 0.238 e. The van der Waals surface area contributed by atoms with E-state index < -0.39 is 0 Å². The van der Waals surface area contributed by atoms with Gasteiger partial charge in [-0.2, -0.15) is 0 Å². The first kappa shape index (κ1) is 13.4. The predicted molar refractivity (Wildman–Crippen MR) is 74.4 cm³/mol. The van der Waals surface area contributed by atoms with Crippen LogP contribution in [0.5, 0.6) is 0 Å². The quantitative estimate of drug-likeness (QED) is 0.640. The summed E-state index contributed by atoms with van der Waals surface area (Å²) in [6.07, 6.45) is 0.711. The van der Waals surface area contributed by atoms with Crippen LogP contribution in [0.4, 0.5) is 0 Å². The summed E-state index contributed by atoms with van der Waals surface area (Å²) in [7, 11) is 0. The van der Waals surface area contributed by atoms with Crippen molar-refractivity contribution in [2.45, 2.75) is 32.4 Å². The molecule has 4 heteroatoms. The molecule has 0 aliphatic rings. The summed E-state index contributed by atoms with van der Waals surface area (Å²) in [5.74, 6) is 0.0493. The van der Waals surface area contributed by atoms with Crippen LogP contribution in [0.25, 0.3) is 0 Å². The van der Waals surface area contributed by atoms with Gasteiger partial charge in [0.05, 0.1) is 6.04 Å². The molecule has 1 atom stereocenters. The van der Waals surface area contributed by atoms with Gasteiger partial charge in [0, 0.05) is 28.9 Å². The number of carbonyl (C=O) groups is 1. The first-order chi connectivity index (χ1) is 7.63. The Morgan fingerprint density at radius 1 is 1.31 bits per heavy atom. The van der Waals surface area contributed by atoms with Crippen LogP contribution in [-0.4, -0.2) is 18.0 Å². The lowest BCUT2D eigenvalue weighted by Crippen LogP contribution is -2.44. The monoisotopic (exact) mass is 332 g/mol. The molecule has 88 valence electrons. The fourth-order valence-electron chi connectivity index (χ4n) is 1.42. The molecule has 0 spiro atoms.